The molecular weight excluding hydrogens is 285 g/mol. The Kier molecular flexibility index (Phi) is 2.93. The predicted octanol–water partition coefficient (Wildman–Crippen LogP) is 3.21. The minimum atomic E-state index is 0.571. The Morgan fingerprint density at radius 2 is 2.05 bits per heavy atom. The van der Waals surface area contributed by atoms with Crippen LogP contribution in [0.1, 0.15) is 5.56 Å². The molecule has 0 fully saturated rings. The summed E-state index contributed by atoms with van der Waals surface area (Å²) in [7, 11) is 1.85. The van der Waals surface area contributed by atoms with Gasteiger partial charge in [-0.3, -0.25) is 15.6 Å². The maximum absolute atomic E-state index is 9.80. The number of fused-ring (bicyclic) bond motifs is 1. The van der Waals surface area contributed by atoms with E-state index in [2.05, 4.69) is 5.43 Å². The first-order valence-corrected chi connectivity index (χ1v) is 6.39. The summed E-state index contributed by atoms with van der Waals surface area (Å²) in [6.07, 6.45) is 5.17. The van der Waals surface area contributed by atoms with Gasteiger partial charge >= 0.3 is 0 Å². The van der Waals surface area contributed by atoms with Crippen LogP contribution < -0.4 is 5.43 Å². The number of hydrogen-bond donors (Lipinski definition) is 2. The summed E-state index contributed by atoms with van der Waals surface area (Å²) in [5.74, 6) is 0. The van der Waals surface area contributed by atoms with E-state index in [9.17, 15) is 5.21 Å². The molecule has 2 N–H and O–H groups in total. The second-order valence-electron chi connectivity index (χ2n) is 4.31. The minimum absolute atomic E-state index is 0.571. The first-order chi connectivity index (χ1) is 9.06. The molecule has 2 aliphatic heterocycles. The second kappa shape index (κ2) is 4.49. The van der Waals surface area contributed by atoms with Gasteiger partial charge in [0.1, 0.15) is 5.70 Å². The molecule has 0 aromatic heterocycles. The molecule has 0 atom stereocenters. The molecule has 3 rings (SSSR count). The number of hydroxylamine groups is 2. The summed E-state index contributed by atoms with van der Waals surface area (Å²) < 4.78 is 0. The normalized spacial score (nSPS) is 17.6. The van der Waals surface area contributed by atoms with Crippen molar-refractivity contribution in [3.05, 3.63) is 63.7 Å². The van der Waals surface area contributed by atoms with Gasteiger partial charge in [-0.15, -0.1) is 0 Å². The van der Waals surface area contributed by atoms with Crippen molar-refractivity contribution in [2.24, 2.45) is 0 Å². The van der Waals surface area contributed by atoms with Gasteiger partial charge in [-0.2, -0.15) is 0 Å². The van der Waals surface area contributed by atoms with E-state index in [1.54, 1.807) is 35.6 Å². The van der Waals surface area contributed by atoms with Crippen LogP contribution in [-0.2, 0) is 0 Å². The van der Waals surface area contributed by atoms with Gasteiger partial charge in [0.2, 0.25) is 0 Å². The highest BCUT2D eigenvalue weighted by Crippen LogP contribution is 2.35. The van der Waals surface area contributed by atoms with Gasteiger partial charge in [0.05, 0.1) is 5.70 Å². The Bertz CT molecular complexity index is 637. The van der Waals surface area contributed by atoms with Crippen molar-refractivity contribution >= 4 is 28.8 Å². The monoisotopic (exact) mass is 295 g/mol. The van der Waals surface area contributed by atoms with Gasteiger partial charge in [-0.25, -0.2) is 5.06 Å². The van der Waals surface area contributed by atoms with Crippen molar-refractivity contribution in [2.75, 3.05) is 7.05 Å². The highest BCUT2D eigenvalue weighted by atomic mass is 35.5. The lowest BCUT2D eigenvalue weighted by molar-refractivity contribution is -0.00150. The van der Waals surface area contributed by atoms with Gasteiger partial charge in [-0.05, 0) is 18.2 Å². The van der Waals surface area contributed by atoms with Crippen molar-refractivity contribution < 1.29 is 5.21 Å². The van der Waals surface area contributed by atoms with Crippen LogP contribution in [0.2, 0.25) is 10.0 Å². The van der Waals surface area contributed by atoms with E-state index in [0.29, 0.717) is 15.7 Å². The van der Waals surface area contributed by atoms with Gasteiger partial charge in [-0.1, -0.05) is 29.3 Å². The first kappa shape index (κ1) is 12.4. The van der Waals surface area contributed by atoms with Crippen LogP contribution in [0.3, 0.4) is 0 Å². The van der Waals surface area contributed by atoms with Crippen LogP contribution >= 0.6 is 23.2 Å². The zero-order valence-corrected chi connectivity index (χ0v) is 11.6. The Labute approximate surface area is 120 Å². The van der Waals surface area contributed by atoms with Gasteiger partial charge in [0.15, 0.2) is 0 Å². The molecule has 0 amide bonds. The minimum Gasteiger partial charge on any atom is -0.296 e. The lowest BCUT2D eigenvalue weighted by Gasteiger charge is -2.22. The molecular formula is C13H11Cl2N3O. The van der Waals surface area contributed by atoms with E-state index in [1.807, 2.05) is 13.1 Å². The maximum Gasteiger partial charge on any atom is 0.112 e. The van der Waals surface area contributed by atoms with Crippen molar-refractivity contribution in [3.8, 4) is 0 Å². The Hall–Kier alpha value is -1.62. The SMILES string of the molecule is CN1C=C2C(=C(c3ccc(Cl)cc3Cl)C=CN2O)N1. The summed E-state index contributed by atoms with van der Waals surface area (Å²) in [6.45, 7) is 0. The van der Waals surface area contributed by atoms with Gasteiger partial charge < -0.3 is 0 Å². The number of hydrogen-bond acceptors (Lipinski definition) is 4. The molecule has 6 heteroatoms. The Balaban J connectivity index is 2.15. The third-order valence-electron chi connectivity index (χ3n) is 2.98. The summed E-state index contributed by atoms with van der Waals surface area (Å²) in [5, 5.41) is 13.8. The number of hydrazine groups is 1. The van der Waals surface area contributed by atoms with E-state index < -0.39 is 0 Å². The molecule has 4 nitrogen and oxygen atoms in total. The van der Waals surface area contributed by atoms with Gasteiger partial charge in [0, 0.05) is 40.6 Å². The fourth-order valence-corrected chi connectivity index (χ4v) is 2.64. The molecule has 0 bridgehead atoms. The molecule has 2 aliphatic rings. The summed E-state index contributed by atoms with van der Waals surface area (Å²) in [4.78, 5) is 0. The van der Waals surface area contributed by atoms with Crippen molar-refractivity contribution in [1.82, 2.24) is 15.5 Å². The average Bonchev–Trinajstić information content (AvgIpc) is 2.73. The average molecular weight is 296 g/mol. The first-order valence-electron chi connectivity index (χ1n) is 5.64. The fourth-order valence-electron chi connectivity index (χ4n) is 2.13. The summed E-state index contributed by atoms with van der Waals surface area (Å²) >= 11 is 12.1. The van der Waals surface area contributed by atoms with Crippen LogP contribution in [0.5, 0.6) is 0 Å². The third-order valence-corrected chi connectivity index (χ3v) is 3.53. The van der Waals surface area contributed by atoms with Crippen LogP contribution in [0, 0.1) is 0 Å². The van der Waals surface area contributed by atoms with Crippen molar-refractivity contribution in [2.45, 2.75) is 0 Å². The van der Waals surface area contributed by atoms with Crippen LogP contribution in [0.15, 0.2) is 48.1 Å². The molecule has 2 heterocycles. The number of nitrogens with zero attached hydrogens (tertiary/aromatic N) is 2. The number of halogens is 2. The largest absolute Gasteiger partial charge is 0.296 e. The Morgan fingerprint density at radius 3 is 2.79 bits per heavy atom. The predicted molar refractivity (Wildman–Crippen MR) is 75.1 cm³/mol. The number of nitrogens with one attached hydrogen (secondary N) is 1. The molecule has 0 spiro atoms. The van der Waals surface area contributed by atoms with Crippen LogP contribution in [-0.4, -0.2) is 22.3 Å². The van der Waals surface area contributed by atoms with Crippen LogP contribution in [0.4, 0.5) is 0 Å². The van der Waals surface area contributed by atoms with Crippen LogP contribution in [0.25, 0.3) is 5.57 Å². The zero-order chi connectivity index (χ0) is 13.6. The molecule has 1 aromatic rings. The van der Waals surface area contributed by atoms with E-state index in [-0.39, 0.29) is 0 Å². The van der Waals surface area contributed by atoms with E-state index >= 15 is 0 Å². The van der Waals surface area contributed by atoms with Crippen molar-refractivity contribution in [1.29, 1.82) is 0 Å². The molecule has 0 unspecified atom stereocenters. The topological polar surface area (TPSA) is 38.7 Å². The number of benzene rings is 1. The van der Waals surface area contributed by atoms with Crippen molar-refractivity contribution in [3.63, 3.8) is 0 Å². The zero-order valence-electron chi connectivity index (χ0n) is 10.1. The lowest BCUT2D eigenvalue weighted by Crippen LogP contribution is -2.26. The molecule has 19 heavy (non-hydrogen) atoms. The van der Waals surface area contributed by atoms with E-state index in [0.717, 1.165) is 21.9 Å². The standard InChI is InChI=1S/C13H11Cl2N3O/c1-17-7-12-13(16-17)10(4-5-18(12)19)9-3-2-8(14)6-11(9)15/h2-7,16,19H,1H3. The highest BCUT2D eigenvalue weighted by Gasteiger charge is 2.26. The maximum atomic E-state index is 9.80. The quantitative estimate of drug-likeness (QED) is 0.834. The van der Waals surface area contributed by atoms with E-state index in [4.69, 9.17) is 23.2 Å². The molecule has 0 aliphatic carbocycles. The second-order valence-corrected chi connectivity index (χ2v) is 5.15. The summed E-state index contributed by atoms with van der Waals surface area (Å²) in [5.41, 5.74) is 6.39. The highest BCUT2D eigenvalue weighted by molar-refractivity contribution is 6.35. The Morgan fingerprint density at radius 1 is 1.26 bits per heavy atom. The molecule has 1 aromatic carbocycles. The smallest absolute Gasteiger partial charge is 0.112 e. The fraction of sp³-hybridized carbons (Fsp3) is 0.0769. The van der Waals surface area contributed by atoms with Gasteiger partial charge in [0.25, 0.3) is 0 Å². The lowest BCUT2D eigenvalue weighted by atomic mass is 10.0. The molecule has 0 radical (unpaired) electrons. The molecule has 98 valence electrons. The van der Waals surface area contributed by atoms with E-state index in [1.165, 1.54) is 0 Å². The number of rotatable bonds is 1. The third kappa shape index (κ3) is 2.08. The molecule has 0 saturated carbocycles. The summed E-state index contributed by atoms with van der Waals surface area (Å²) in [6, 6.07) is 5.35. The number of allylic oxidation sites excluding steroid dienone is 2. The molecule has 0 saturated heterocycles.